The van der Waals surface area contributed by atoms with Gasteiger partial charge in [0.05, 0.1) is 5.56 Å². The Morgan fingerprint density at radius 2 is 2.00 bits per heavy atom. The van der Waals surface area contributed by atoms with Crippen LogP contribution in [-0.2, 0) is 19.3 Å². The van der Waals surface area contributed by atoms with E-state index in [1.54, 1.807) is 12.4 Å². The summed E-state index contributed by atoms with van der Waals surface area (Å²) in [5.41, 5.74) is 4.78. The molecule has 0 fully saturated rings. The number of rotatable bonds is 5. The molecule has 27 heavy (non-hydrogen) atoms. The highest BCUT2D eigenvalue weighted by Crippen LogP contribution is 2.22. The van der Waals surface area contributed by atoms with E-state index >= 15 is 0 Å². The van der Waals surface area contributed by atoms with Crippen molar-refractivity contribution < 1.29 is 4.79 Å². The van der Waals surface area contributed by atoms with Gasteiger partial charge in [0.2, 0.25) is 0 Å². The fourth-order valence-electron chi connectivity index (χ4n) is 3.27. The Morgan fingerprint density at radius 1 is 1.15 bits per heavy atom. The summed E-state index contributed by atoms with van der Waals surface area (Å²) in [6.45, 7) is 2.51. The second-order valence-corrected chi connectivity index (χ2v) is 6.55. The standard InChI is InChI=1S/C20H20N6O/c1-13-16-5-2-6-17(16)26-18(25-13)7-9-22-20(27)15-11-23-19(24-12-15)14-4-3-8-21-10-14/h3-4,8,10-12H,2,5-7,9H2,1H3,(H,22,27). The molecule has 0 spiro atoms. The summed E-state index contributed by atoms with van der Waals surface area (Å²) < 4.78 is 0. The number of nitrogens with zero attached hydrogens (tertiary/aromatic N) is 5. The van der Waals surface area contributed by atoms with Crippen molar-refractivity contribution in [3.63, 3.8) is 0 Å². The van der Waals surface area contributed by atoms with Crippen molar-refractivity contribution in [1.29, 1.82) is 0 Å². The van der Waals surface area contributed by atoms with Gasteiger partial charge in [-0.3, -0.25) is 9.78 Å². The number of hydrogen-bond donors (Lipinski definition) is 1. The minimum Gasteiger partial charge on any atom is -0.351 e. The third-order valence-corrected chi connectivity index (χ3v) is 4.65. The first kappa shape index (κ1) is 17.2. The zero-order valence-electron chi connectivity index (χ0n) is 15.1. The number of fused-ring (bicyclic) bond motifs is 1. The third kappa shape index (κ3) is 3.81. The van der Waals surface area contributed by atoms with Gasteiger partial charge < -0.3 is 5.32 Å². The first-order chi connectivity index (χ1) is 13.2. The molecule has 3 aromatic heterocycles. The van der Waals surface area contributed by atoms with Gasteiger partial charge in [-0.1, -0.05) is 0 Å². The van der Waals surface area contributed by atoms with Gasteiger partial charge >= 0.3 is 0 Å². The maximum Gasteiger partial charge on any atom is 0.254 e. The van der Waals surface area contributed by atoms with Gasteiger partial charge in [-0.15, -0.1) is 0 Å². The molecule has 0 aliphatic heterocycles. The molecule has 3 aromatic rings. The molecule has 0 radical (unpaired) electrons. The quantitative estimate of drug-likeness (QED) is 0.749. The molecule has 0 unspecified atom stereocenters. The van der Waals surface area contributed by atoms with E-state index in [0.29, 0.717) is 24.4 Å². The van der Waals surface area contributed by atoms with Gasteiger partial charge in [0.15, 0.2) is 5.82 Å². The Morgan fingerprint density at radius 3 is 2.78 bits per heavy atom. The highest BCUT2D eigenvalue weighted by atomic mass is 16.1. The van der Waals surface area contributed by atoms with Crippen LogP contribution in [0.5, 0.6) is 0 Å². The maximum absolute atomic E-state index is 12.3. The van der Waals surface area contributed by atoms with Crippen LogP contribution in [0.2, 0.25) is 0 Å². The molecule has 4 rings (SSSR count). The summed E-state index contributed by atoms with van der Waals surface area (Å²) in [6.07, 6.45) is 10.3. The van der Waals surface area contributed by atoms with Crippen LogP contribution in [0.15, 0.2) is 36.9 Å². The third-order valence-electron chi connectivity index (χ3n) is 4.65. The van der Waals surface area contributed by atoms with E-state index in [9.17, 15) is 4.79 Å². The molecule has 1 aliphatic carbocycles. The molecule has 0 bridgehead atoms. The minimum absolute atomic E-state index is 0.203. The van der Waals surface area contributed by atoms with Gasteiger partial charge in [-0.05, 0) is 43.9 Å². The van der Waals surface area contributed by atoms with Crippen molar-refractivity contribution in [2.24, 2.45) is 0 Å². The first-order valence-electron chi connectivity index (χ1n) is 9.06. The van der Waals surface area contributed by atoms with E-state index in [0.717, 1.165) is 36.3 Å². The average molecular weight is 360 g/mol. The van der Waals surface area contributed by atoms with E-state index in [2.05, 4.69) is 30.2 Å². The summed E-state index contributed by atoms with van der Waals surface area (Å²) in [7, 11) is 0. The number of aryl methyl sites for hydroxylation is 2. The normalized spacial score (nSPS) is 12.6. The molecular weight excluding hydrogens is 340 g/mol. The average Bonchev–Trinajstić information content (AvgIpc) is 3.18. The summed E-state index contributed by atoms with van der Waals surface area (Å²) in [5.74, 6) is 1.13. The molecule has 1 aliphatic rings. The van der Waals surface area contributed by atoms with Crippen molar-refractivity contribution in [3.05, 3.63) is 65.3 Å². The van der Waals surface area contributed by atoms with Crippen molar-refractivity contribution in [1.82, 2.24) is 30.2 Å². The van der Waals surface area contributed by atoms with E-state index in [-0.39, 0.29) is 5.91 Å². The number of carbonyl (C=O) groups excluding carboxylic acids is 1. The lowest BCUT2D eigenvalue weighted by molar-refractivity contribution is 0.0953. The van der Waals surface area contributed by atoms with Crippen LogP contribution in [-0.4, -0.2) is 37.4 Å². The van der Waals surface area contributed by atoms with Crippen molar-refractivity contribution in [2.75, 3.05) is 6.54 Å². The Balaban J connectivity index is 1.35. The lowest BCUT2D eigenvalue weighted by Crippen LogP contribution is -2.26. The summed E-state index contributed by atoms with van der Waals surface area (Å²) in [4.78, 5) is 34.0. The molecule has 1 N–H and O–H groups in total. The Bertz CT molecular complexity index is 956. The van der Waals surface area contributed by atoms with Crippen LogP contribution in [0.1, 0.15) is 39.6 Å². The number of aromatic nitrogens is 5. The lowest BCUT2D eigenvalue weighted by Gasteiger charge is -2.08. The predicted molar refractivity (Wildman–Crippen MR) is 100 cm³/mol. The van der Waals surface area contributed by atoms with Gasteiger partial charge in [0.25, 0.3) is 5.91 Å². The van der Waals surface area contributed by atoms with Gasteiger partial charge in [0.1, 0.15) is 5.82 Å². The molecule has 1 amide bonds. The summed E-state index contributed by atoms with van der Waals surface area (Å²) >= 11 is 0. The number of amides is 1. The van der Waals surface area contributed by atoms with Crippen molar-refractivity contribution in [3.8, 4) is 11.4 Å². The maximum atomic E-state index is 12.3. The lowest BCUT2D eigenvalue weighted by atomic mass is 10.2. The van der Waals surface area contributed by atoms with Crippen molar-refractivity contribution >= 4 is 5.91 Å². The monoisotopic (exact) mass is 360 g/mol. The Labute approximate surface area is 157 Å². The fourth-order valence-corrected chi connectivity index (χ4v) is 3.27. The molecule has 0 saturated carbocycles. The second kappa shape index (κ2) is 7.57. The van der Waals surface area contributed by atoms with Crippen LogP contribution in [0.4, 0.5) is 0 Å². The SMILES string of the molecule is Cc1nc(CCNC(=O)c2cnc(-c3cccnc3)nc2)nc2c1CCC2. The van der Waals surface area contributed by atoms with E-state index in [1.807, 2.05) is 19.1 Å². The molecule has 3 heterocycles. The number of carbonyl (C=O) groups is 1. The van der Waals surface area contributed by atoms with Crippen LogP contribution in [0, 0.1) is 6.92 Å². The summed E-state index contributed by atoms with van der Waals surface area (Å²) in [6, 6.07) is 3.70. The zero-order chi connectivity index (χ0) is 18.6. The number of nitrogens with one attached hydrogen (secondary N) is 1. The van der Waals surface area contributed by atoms with E-state index in [1.165, 1.54) is 23.7 Å². The molecule has 0 aromatic carbocycles. The second-order valence-electron chi connectivity index (χ2n) is 6.55. The molecule has 0 atom stereocenters. The highest BCUT2D eigenvalue weighted by molar-refractivity contribution is 5.93. The van der Waals surface area contributed by atoms with Gasteiger partial charge in [0, 0.05) is 54.7 Å². The number of hydrogen-bond acceptors (Lipinski definition) is 6. The zero-order valence-corrected chi connectivity index (χ0v) is 15.1. The van der Waals surface area contributed by atoms with Gasteiger partial charge in [-0.2, -0.15) is 0 Å². The summed E-state index contributed by atoms with van der Waals surface area (Å²) in [5, 5.41) is 2.88. The minimum atomic E-state index is -0.203. The van der Waals surface area contributed by atoms with Gasteiger partial charge in [-0.25, -0.2) is 19.9 Å². The smallest absolute Gasteiger partial charge is 0.254 e. The molecule has 7 heteroatoms. The fraction of sp³-hybridized carbons (Fsp3) is 0.300. The highest BCUT2D eigenvalue weighted by Gasteiger charge is 2.17. The molecular formula is C20H20N6O. The number of pyridine rings is 1. The van der Waals surface area contributed by atoms with E-state index in [4.69, 9.17) is 0 Å². The van der Waals surface area contributed by atoms with Crippen molar-refractivity contribution in [2.45, 2.75) is 32.6 Å². The van der Waals surface area contributed by atoms with E-state index < -0.39 is 0 Å². The topological polar surface area (TPSA) is 93.6 Å². The van der Waals surface area contributed by atoms with Crippen LogP contribution in [0.25, 0.3) is 11.4 Å². The Kier molecular flexibility index (Phi) is 4.82. The molecule has 136 valence electrons. The largest absolute Gasteiger partial charge is 0.351 e. The molecule has 7 nitrogen and oxygen atoms in total. The van der Waals surface area contributed by atoms with Crippen LogP contribution < -0.4 is 5.32 Å². The van der Waals surface area contributed by atoms with Crippen LogP contribution in [0.3, 0.4) is 0 Å². The predicted octanol–water partition coefficient (Wildman–Crippen LogP) is 2.10. The Hall–Kier alpha value is -3.22. The first-order valence-corrected chi connectivity index (χ1v) is 9.06. The van der Waals surface area contributed by atoms with Crippen LogP contribution >= 0.6 is 0 Å². The molecule has 0 saturated heterocycles.